The summed E-state index contributed by atoms with van der Waals surface area (Å²) in [5, 5.41) is -10.4. The van der Waals surface area contributed by atoms with Crippen molar-refractivity contribution in [2.45, 2.75) is 54.6 Å². The van der Waals surface area contributed by atoms with Gasteiger partial charge in [-0.1, -0.05) is 0 Å². The second-order valence-corrected chi connectivity index (χ2v) is 11.5. The molecule has 4 bridgehead atoms. The maximum absolute atomic E-state index is 13.7. The van der Waals surface area contributed by atoms with Gasteiger partial charge in [-0.15, -0.1) is 0 Å². The first-order valence-corrected chi connectivity index (χ1v) is 11.8. The molecule has 16 heteroatoms. The Kier molecular flexibility index (Phi) is 5.44. The summed E-state index contributed by atoms with van der Waals surface area (Å²) in [6.07, 6.45) is 1.07. The van der Waals surface area contributed by atoms with Crippen LogP contribution in [0.15, 0.2) is 0 Å². The fourth-order valence-electron chi connectivity index (χ4n) is 5.42. The van der Waals surface area contributed by atoms with E-state index in [9.17, 15) is 44.0 Å². The average molecular weight is 498 g/mol. The quantitative estimate of drug-likeness (QED) is 0.298. The largest absolute Gasteiger partial charge is 0.465 e. The predicted molar refractivity (Wildman–Crippen MR) is 89.9 cm³/mol. The molecule has 0 aliphatic heterocycles. The Labute approximate surface area is 173 Å². The molecule has 0 aromatic heterocycles. The molecule has 2 atom stereocenters. The molecule has 0 aromatic rings. The SMILES string of the molecule is O=C(OCC12CC3CC(C1)CC(OC(=O)C(F)(F)S(=O)(=O)O)(C3)C2)C(F)(F)S(=O)(=O)O. The first-order chi connectivity index (χ1) is 13.8. The summed E-state index contributed by atoms with van der Waals surface area (Å²) >= 11 is 0. The van der Waals surface area contributed by atoms with Crippen molar-refractivity contribution in [1.82, 2.24) is 0 Å². The number of rotatable bonds is 7. The number of alkyl halides is 4. The monoisotopic (exact) mass is 498 g/mol. The second-order valence-electron chi connectivity index (χ2n) is 8.59. The first-order valence-electron chi connectivity index (χ1n) is 8.93. The molecule has 178 valence electrons. The summed E-state index contributed by atoms with van der Waals surface area (Å²) < 4.78 is 123. The smallest absolute Gasteiger partial charge is 0.460 e. The Bertz CT molecular complexity index is 993. The van der Waals surface area contributed by atoms with Gasteiger partial charge in [0.2, 0.25) is 0 Å². The zero-order valence-corrected chi connectivity index (χ0v) is 17.2. The number of esters is 2. The Hall–Kier alpha value is -1.52. The highest BCUT2D eigenvalue weighted by molar-refractivity contribution is 7.88. The fourth-order valence-corrected chi connectivity index (χ4v) is 5.94. The van der Waals surface area contributed by atoms with E-state index in [0.29, 0.717) is 6.42 Å². The summed E-state index contributed by atoms with van der Waals surface area (Å²) in [6, 6.07) is 0. The first kappa shape index (κ1) is 24.1. The minimum Gasteiger partial charge on any atom is -0.460 e. The summed E-state index contributed by atoms with van der Waals surface area (Å²) in [5.41, 5.74) is -2.70. The van der Waals surface area contributed by atoms with Gasteiger partial charge in [0.15, 0.2) is 0 Å². The molecule has 0 saturated heterocycles. The molecule has 0 spiro atoms. The second kappa shape index (κ2) is 6.99. The highest BCUT2D eigenvalue weighted by Crippen LogP contribution is 2.63. The van der Waals surface area contributed by atoms with Gasteiger partial charge in [0.25, 0.3) is 0 Å². The van der Waals surface area contributed by atoms with Crippen molar-refractivity contribution in [1.29, 1.82) is 0 Å². The summed E-state index contributed by atoms with van der Waals surface area (Å²) in [6.45, 7) is -0.752. The van der Waals surface area contributed by atoms with Crippen molar-refractivity contribution >= 4 is 32.2 Å². The van der Waals surface area contributed by atoms with Crippen LogP contribution in [0.2, 0.25) is 0 Å². The normalized spacial score (nSPS) is 33.2. The highest BCUT2D eigenvalue weighted by atomic mass is 32.2. The Balaban J connectivity index is 1.79. The number of carbonyl (C=O) groups excluding carboxylic acids is 2. The van der Waals surface area contributed by atoms with Gasteiger partial charge >= 0.3 is 42.7 Å². The molecule has 4 aliphatic carbocycles. The van der Waals surface area contributed by atoms with Crippen LogP contribution in [0.25, 0.3) is 0 Å². The lowest BCUT2D eigenvalue weighted by Crippen LogP contribution is -2.60. The van der Waals surface area contributed by atoms with Crippen molar-refractivity contribution in [2.24, 2.45) is 17.3 Å². The summed E-state index contributed by atoms with van der Waals surface area (Å²) in [4.78, 5) is 23.3. The van der Waals surface area contributed by atoms with Gasteiger partial charge in [0.05, 0.1) is 6.61 Å². The number of hydrogen-bond acceptors (Lipinski definition) is 8. The van der Waals surface area contributed by atoms with Crippen molar-refractivity contribution < 1.29 is 62.6 Å². The molecular formula is C15H18F4O10S2. The van der Waals surface area contributed by atoms with Gasteiger partial charge < -0.3 is 9.47 Å². The van der Waals surface area contributed by atoms with Crippen molar-refractivity contribution in [3.63, 3.8) is 0 Å². The molecule has 0 amide bonds. The maximum Gasteiger partial charge on any atom is 0.465 e. The molecule has 0 aromatic carbocycles. The van der Waals surface area contributed by atoms with Gasteiger partial charge in [-0.3, -0.25) is 9.11 Å². The fraction of sp³-hybridized carbons (Fsp3) is 0.867. The lowest BCUT2D eigenvalue weighted by Gasteiger charge is -2.60. The van der Waals surface area contributed by atoms with Crippen LogP contribution in [-0.2, 0) is 39.3 Å². The van der Waals surface area contributed by atoms with Crippen LogP contribution in [0.1, 0.15) is 38.5 Å². The van der Waals surface area contributed by atoms with Gasteiger partial charge in [-0.2, -0.15) is 34.4 Å². The van der Waals surface area contributed by atoms with Gasteiger partial charge in [-0.25, -0.2) is 9.59 Å². The Morgan fingerprint density at radius 2 is 1.32 bits per heavy atom. The van der Waals surface area contributed by atoms with Gasteiger partial charge in [-0.05, 0) is 50.4 Å². The topological polar surface area (TPSA) is 161 Å². The van der Waals surface area contributed by atoms with Crippen LogP contribution >= 0.6 is 0 Å². The molecule has 4 saturated carbocycles. The van der Waals surface area contributed by atoms with E-state index in [2.05, 4.69) is 4.74 Å². The van der Waals surface area contributed by atoms with Crippen LogP contribution in [0, 0.1) is 17.3 Å². The van der Waals surface area contributed by atoms with Crippen molar-refractivity contribution in [3.05, 3.63) is 0 Å². The van der Waals surface area contributed by atoms with E-state index in [1.165, 1.54) is 0 Å². The third kappa shape index (κ3) is 4.14. The van der Waals surface area contributed by atoms with E-state index in [-0.39, 0.29) is 43.9 Å². The van der Waals surface area contributed by atoms with E-state index in [4.69, 9.17) is 13.8 Å². The highest BCUT2D eigenvalue weighted by Gasteiger charge is 2.64. The zero-order chi connectivity index (χ0) is 23.7. The van der Waals surface area contributed by atoms with Crippen LogP contribution in [0.5, 0.6) is 0 Å². The number of halogens is 4. The summed E-state index contributed by atoms with van der Waals surface area (Å²) in [5.74, 6) is -5.49. The Morgan fingerprint density at radius 3 is 1.77 bits per heavy atom. The number of carbonyl (C=O) groups is 2. The molecule has 4 fully saturated rings. The molecular weight excluding hydrogens is 480 g/mol. The molecule has 4 aliphatic rings. The third-order valence-electron chi connectivity index (χ3n) is 6.07. The van der Waals surface area contributed by atoms with Gasteiger partial charge in [0.1, 0.15) is 5.60 Å². The Morgan fingerprint density at radius 1 is 0.871 bits per heavy atom. The van der Waals surface area contributed by atoms with Crippen molar-refractivity contribution in [2.75, 3.05) is 6.61 Å². The molecule has 2 N–H and O–H groups in total. The molecule has 0 heterocycles. The van der Waals surface area contributed by atoms with E-state index in [0.717, 1.165) is 0 Å². The summed E-state index contributed by atoms with van der Waals surface area (Å²) in [7, 11) is -12.2. The van der Waals surface area contributed by atoms with Crippen LogP contribution in [-0.4, -0.2) is 60.6 Å². The molecule has 0 radical (unpaired) electrons. The number of hydrogen-bond donors (Lipinski definition) is 2. The van der Waals surface area contributed by atoms with E-state index >= 15 is 0 Å². The van der Waals surface area contributed by atoms with Crippen LogP contribution in [0.3, 0.4) is 0 Å². The van der Waals surface area contributed by atoms with Crippen molar-refractivity contribution in [3.8, 4) is 0 Å². The van der Waals surface area contributed by atoms with Crippen LogP contribution < -0.4 is 0 Å². The third-order valence-corrected chi connectivity index (χ3v) is 7.70. The molecule has 4 rings (SSSR count). The van der Waals surface area contributed by atoms with E-state index in [1.807, 2.05) is 0 Å². The average Bonchev–Trinajstić information content (AvgIpc) is 2.56. The molecule has 31 heavy (non-hydrogen) atoms. The lowest BCUT2D eigenvalue weighted by molar-refractivity contribution is -0.222. The minimum atomic E-state index is -6.09. The van der Waals surface area contributed by atoms with Gasteiger partial charge in [0, 0.05) is 5.41 Å². The maximum atomic E-state index is 13.7. The molecule has 2 unspecified atom stereocenters. The van der Waals surface area contributed by atoms with E-state index < -0.39 is 60.3 Å². The number of ether oxygens (including phenoxy) is 2. The standard InChI is InChI=1S/C15H18F4O10S2/c16-14(17,30(22,23)24)10(20)28-7-12-2-8-1-9(3-12)5-13(4-8,6-12)29-11(21)15(18,19)31(25,26)27/h8-9H,1-7H2,(H,22,23,24)(H,25,26,27). The zero-order valence-electron chi connectivity index (χ0n) is 15.6. The lowest BCUT2D eigenvalue weighted by atomic mass is 9.48. The van der Waals surface area contributed by atoms with E-state index in [1.54, 1.807) is 0 Å². The predicted octanol–water partition coefficient (Wildman–Crippen LogP) is 1.37. The minimum absolute atomic E-state index is 0.0771. The van der Waals surface area contributed by atoms with Crippen LogP contribution in [0.4, 0.5) is 17.6 Å². The molecule has 10 nitrogen and oxygen atoms in total.